The lowest BCUT2D eigenvalue weighted by Gasteiger charge is -2.16. The van der Waals surface area contributed by atoms with Crippen LogP contribution in [-0.4, -0.2) is 22.2 Å². The van der Waals surface area contributed by atoms with Crippen LogP contribution in [0.4, 0.5) is 5.69 Å². The lowest BCUT2D eigenvalue weighted by Crippen LogP contribution is -2.30. The van der Waals surface area contributed by atoms with Crippen LogP contribution in [0.2, 0.25) is 10.0 Å². The molecule has 0 spiro atoms. The zero-order valence-corrected chi connectivity index (χ0v) is 13.3. The summed E-state index contributed by atoms with van der Waals surface area (Å²) in [4.78, 5) is 12.2. The fraction of sp³-hybridized carbons (Fsp3) is 0.286. The summed E-state index contributed by atoms with van der Waals surface area (Å²) in [6, 6.07) is 5.02. The van der Waals surface area contributed by atoms with E-state index in [-0.39, 0.29) is 10.9 Å². The van der Waals surface area contributed by atoms with Crippen molar-refractivity contribution in [3.63, 3.8) is 0 Å². The van der Waals surface area contributed by atoms with Crippen LogP contribution in [0.25, 0.3) is 0 Å². The average molecular weight is 328 g/mol. The molecule has 112 valence electrons. The highest BCUT2D eigenvalue weighted by molar-refractivity contribution is 6.42. The Hall–Kier alpha value is -1.72. The van der Waals surface area contributed by atoms with Crippen molar-refractivity contribution in [3.8, 4) is 5.75 Å². The number of nitrogens with zero attached hydrogens (tertiary/aromatic N) is 1. The summed E-state index contributed by atoms with van der Waals surface area (Å²) in [6.45, 7) is 5.27. The van der Waals surface area contributed by atoms with E-state index in [1.165, 1.54) is 0 Å². The minimum atomic E-state index is -0.727. The summed E-state index contributed by atoms with van der Waals surface area (Å²) in [5.41, 5.74) is 2.16. The third-order valence-electron chi connectivity index (χ3n) is 2.97. The Bertz CT molecular complexity index is 651. The fourth-order valence-electron chi connectivity index (χ4n) is 1.78. The quantitative estimate of drug-likeness (QED) is 0.898. The number of benzene rings is 1. The fourth-order valence-corrected chi connectivity index (χ4v) is 2.12. The number of hydrogen-bond acceptors (Lipinski definition) is 3. The van der Waals surface area contributed by atoms with Crippen molar-refractivity contribution in [3.05, 3.63) is 39.6 Å². The molecule has 0 aliphatic carbocycles. The second-order valence-corrected chi connectivity index (χ2v) is 5.40. The molecule has 0 saturated heterocycles. The van der Waals surface area contributed by atoms with Crippen molar-refractivity contribution in [2.24, 2.45) is 0 Å². The van der Waals surface area contributed by atoms with Gasteiger partial charge in [0.2, 0.25) is 0 Å². The number of aryl methyl sites for hydroxylation is 2. The van der Waals surface area contributed by atoms with E-state index >= 15 is 0 Å². The Morgan fingerprint density at radius 1 is 1.38 bits per heavy atom. The normalized spacial score (nSPS) is 12.0. The van der Waals surface area contributed by atoms with Crippen LogP contribution in [0.5, 0.6) is 5.75 Å². The number of hydrogen-bond donors (Lipinski definition) is 2. The summed E-state index contributed by atoms with van der Waals surface area (Å²) >= 11 is 11.9. The number of carbonyl (C=O) groups excluding carboxylic acids is 1. The molecule has 0 aliphatic rings. The van der Waals surface area contributed by atoms with Crippen LogP contribution in [0.3, 0.4) is 0 Å². The van der Waals surface area contributed by atoms with Crippen molar-refractivity contribution in [1.29, 1.82) is 0 Å². The van der Waals surface area contributed by atoms with Gasteiger partial charge in [-0.15, -0.1) is 0 Å². The Morgan fingerprint density at radius 2 is 2.10 bits per heavy atom. The Morgan fingerprint density at radius 3 is 2.71 bits per heavy atom. The molecule has 0 unspecified atom stereocenters. The van der Waals surface area contributed by atoms with Gasteiger partial charge in [-0.25, -0.2) is 0 Å². The minimum Gasteiger partial charge on any atom is -0.479 e. The average Bonchev–Trinajstić information content (AvgIpc) is 2.75. The van der Waals surface area contributed by atoms with Gasteiger partial charge in [0.05, 0.1) is 22.1 Å². The number of nitrogens with one attached hydrogen (secondary N) is 2. The molecule has 0 bridgehead atoms. The van der Waals surface area contributed by atoms with Crippen molar-refractivity contribution in [2.45, 2.75) is 26.9 Å². The maximum atomic E-state index is 12.2. The molecular weight excluding hydrogens is 313 g/mol. The lowest BCUT2D eigenvalue weighted by molar-refractivity contribution is -0.122. The van der Waals surface area contributed by atoms with Gasteiger partial charge in [-0.2, -0.15) is 5.10 Å². The van der Waals surface area contributed by atoms with Gasteiger partial charge in [-0.3, -0.25) is 9.89 Å². The molecule has 2 rings (SSSR count). The van der Waals surface area contributed by atoms with Gasteiger partial charge in [0.15, 0.2) is 6.10 Å². The highest BCUT2D eigenvalue weighted by atomic mass is 35.5. The second-order valence-electron chi connectivity index (χ2n) is 4.61. The molecule has 1 atom stereocenters. The highest BCUT2D eigenvalue weighted by Gasteiger charge is 2.19. The molecule has 5 nitrogen and oxygen atoms in total. The molecule has 1 aromatic carbocycles. The van der Waals surface area contributed by atoms with Crippen LogP contribution in [0.1, 0.15) is 18.3 Å². The van der Waals surface area contributed by atoms with Gasteiger partial charge in [0.1, 0.15) is 10.8 Å². The third kappa shape index (κ3) is 3.49. The first-order chi connectivity index (χ1) is 9.90. The summed E-state index contributed by atoms with van der Waals surface area (Å²) in [5, 5.41) is 10.3. The second kappa shape index (κ2) is 6.37. The molecule has 0 fully saturated rings. The van der Waals surface area contributed by atoms with Crippen molar-refractivity contribution >= 4 is 34.8 Å². The smallest absolute Gasteiger partial charge is 0.265 e. The van der Waals surface area contributed by atoms with Crippen LogP contribution >= 0.6 is 23.2 Å². The SMILES string of the molecule is Cc1n[nH]c(C)c1NC(=O)[C@H](C)Oc1cccc(Cl)c1Cl. The van der Waals surface area contributed by atoms with Crippen molar-refractivity contribution in [1.82, 2.24) is 10.2 Å². The third-order valence-corrected chi connectivity index (χ3v) is 3.77. The standard InChI is InChI=1S/C14H15Cl2N3O2/c1-7-13(8(2)19-18-7)17-14(20)9(3)21-11-6-4-5-10(15)12(11)16/h4-6,9H,1-3H3,(H,17,20)(H,18,19)/t9-/m0/s1. The van der Waals surface area contributed by atoms with Gasteiger partial charge >= 0.3 is 0 Å². The largest absolute Gasteiger partial charge is 0.479 e. The number of halogens is 2. The van der Waals surface area contributed by atoms with Crippen LogP contribution in [0.15, 0.2) is 18.2 Å². The van der Waals surface area contributed by atoms with E-state index in [2.05, 4.69) is 15.5 Å². The van der Waals surface area contributed by atoms with Crippen LogP contribution < -0.4 is 10.1 Å². The molecule has 0 saturated carbocycles. The summed E-state index contributed by atoms with van der Waals surface area (Å²) in [7, 11) is 0. The van der Waals surface area contributed by atoms with Gasteiger partial charge in [-0.05, 0) is 32.9 Å². The Kier molecular flexibility index (Phi) is 4.75. The van der Waals surface area contributed by atoms with Crippen LogP contribution in [0, 0.1) is 13.8 Å². The topological polar surface area (TPSA) is 67.0 Å². The molecule has 2 N–H and O–H groups in total. The first kappa shape index (κ1) is 15.7. The van der Waals surface area contributed by atoms with E-state index in [4.69, 9.17) is 27.9 Å². The molecule has 2 aromatic rings. The molecular formula is C14H15Cl2N3O2. The predicted molar refractivity (Wildman–Crippen MR) is 83.2 cm³/mol. The van der Waals surface area contributed by atoms with Crippen LogP contribution in [-0.2, 0) is 4.79 Å². The minimum absolute atomic E-state index is 0.287. The summed E-state index contributed by atoms with van der Waals surface area (Å²) < 4.78 is 5.56. The number of H-pyrrole nitrogens is 1. The first-order valence-electron chi connectivity index (χ1n) is 6.33. The number of aromatic amines is 1. The van der Waals surface area contributed by atoms with E-state index in [9.17, 15) is 4.79 Å². The molecule has 1 heterocycles. The Balaban J connectivity index is 2.08. The number of aromatic nitrogens is 2. The predicted octanol–water partition coefficient (Wildman–Crippen LogP) is 3.74. The highest BCUT2D eigenvalue weighted by Crippen LogP contribution is 2.32. The van der Waals surface area contributed by atoms with Gasteiger partial charge in [0.25, 0.3) is 5.91 Å². The maximum absolute atomic E-state index is 12.2. The zero-order chi connectivity index (χ0) is 15.6. The molecule has 21 heavy (non-hydrogen) atoms. The van der Waals surface area contributed by atoms with E-state index in [1.54, 1.807) is 32.0 Å². The maximum Gasteiger partial charge on any atom is 0.265 e. The number of carbonyl (C=O) groups is 1. The molecule has 7 heteroatoms. The number of ether oxygens (including phenoxy) is 1. The molecule has 0 aliphatic heterocycles. The van der Waals surface area contributed by atoms with E-state index in [0.29, 0.717) is 22.2 Å². The molecule has 1 amide bonds. The summed E-state index contributed by atoms with van der Waals surface area (Å²) in [6.07, 6.45) is -0.727. The first-order valence-corrected chi connectivity index (χ1v) is 7.09. The van der Waals surface area contributed by atoms with Gasteiger partial charge in [0, 0.05) is 0 Å². The number of rotatable bonds is 4. The number of anilines is 1. The molecule has 0 radical (unpaired) electrons. The van der Waals surface area contributed by atoms with E-state index in [0.717, 1.165) is 5.69 Å². The van der Waals surface area contributed by atoms with Gasteiger partial charge < -0.3 is 10.1 Å². The van der Waals surface area contributed by atoms with E-state index < -0.39 is 6.10 Å². The van der Waals surface area contributed by atoms with Gasteiger partial charge in [-0.1, -0.05) is 29.3 Å². The Labute approximate surface area is 132 Å². The van der Waals surface area contributed by atoms with Crippen molar-refractivity contribution < 1.29 is 9.53 Å². The van der Waals surface area contributed by atoms with Crippen molar-refractivity contribution in [2.75, 3.05) is 5.32 Å². The summed E-state index contributed by atoms with van der Waals surface area (Å²) in [5.74, 6) is 0.0751. The lowest BCUT2D eigenvalue weighted by atomic mass is 10.3. The zero-order valence-electron chi connectivity index (χ0n) is 11.8. The molecule has 1 aromatic heterocycles. The number of amides is 1. The van der Waals surface area contributed by atoms with E-state index in [1.807, 2.05) is 6.92 Å². The monoisotopic (exact) mass is 327 g/mol.